The molecule has 7 heteroatoms. The van der Waals surface area contributed by atoms with E-state index in [4.69, 9.17) is 9.47 Å². The summed E-state index contributed by atoms with van der Waals surface area (Å²) in [6.45, 7) is 6.23. The number of nitrogens with zero attached hydrogens (tertiary/aromatic N) is 1. The second-order valence-corrected chi connectivity index (χ2v) is 9.59. The predicted molar refractivity (Wildman–Crippen MR) is 136 cm³/mol. The van der Waals surface area contributed by atoms with Gasteiger partial charge in [-0.3, -0.25) is 9.59 Å². The van der Waals surface area contributed by atoms with Crippen LogP contribution in [0.15, 0.2) is 65.6 Å². The highest BCUT2D eigenvalue weighted by Gasteiger charge is 2.38. The maximum Gasteiger partial charge on any atom is 0.226 e. The molecular weight excluding hydrogens is 459 g/mol. The molecule has 4 unspecified atom stereocenters. The van der Waals surface area contributed by atoms with Crippen LogP contribution in [-0.2, 0) is 32.7 Å². The van der Waals surface area contributed by atoms with Crippen LogP contribution in [0.2, 0.25) is 0 Å². The number of Topliss-reactive ketones (excluding diaryl/α,β-unsaturated/α-hetero) is 1. The molecule has 2 aliphatic rings. The lowest BCUT2D eigenvalue weighted by Crippen LogP contribution is -2.36. The summed E-state index contributed by atoms with van der Waals surface area (Å²) in [5.41, 5.74) is 5.47. The van der Waals surface area contributed by atoms with Gasteiger partial charge in [-0.15, -0.1) is 0 Å². The van der Waals surface area contributed by atoms with E-state index in [9.17, 15) is 14.0 Å². The molecular formula is C29H33FN2O4. The highest BCUT2D eigenvalue weighted by molar-refractivity contribution is 6.00. The number of methoxy groups -OCH3 is 2. The maximum atomic E-state index is 14.4. The fourth-order valence-corrected chi connectivity index (χ4v) is 5.36. The Kier molecular flexibility index (Phi) is 7.31. The molecule has 1 heterocycles. The number of amides is 1. The predicted octanol–water partition coefficient (Wildman–Crippen LogP) is 4.68. The molecule has 0 radical (unpaired) electrons. The zero-order chi connectivity index (χ0) is 26.1. The first-order chi connectivity index (χ1) is 17.2. The second-order valence-electron chi connectivity index (χ2n) is 9.59. The number of carbonyl (C=O) groups is 2. The number of rotatable bonds is 7. The minimum absolute atomic E-state index is 0.0951. The summed E-state index contributed by atoms with van der Waals surface area (Å²) in [5, 5.41) is 3.03. The van der Waals surface area contributed by atoms with Crippen LogP contribution in [0.1, 0.15) is 43.5 Å². The summed E-state index contributed by atoms with van der Waals surface area (Å²) in [7, 11) is 4.91. The van der Waals surface area contributed by atoms with E-state index < -0.39 is 12.0 Å². The van der Waals surface area contributed by atoms with E-state index in [0.717, 1.165) is 33.5 Å². The Bertz CT molecular complexity index is 1290. The summed E-state index contributed by atoms with van der Waals surface area (Å²) >= 11 is 0. The summed E-state index contributed by atoms with van der Waals surface area (Å²) in [4.78, 5) is 25.8. The first kappa shape index (κ1) is 25.6. The van der Waals surface area contributed by atoms with Crippen molar-refractivity contribution >= 4 is 17.3 Å². The van der Waals surface area contributed by atoms with E-state index in [-0.39, 0.29) is 35.1 Å². The molecule has 36 heavy (non-hydrogen) atoms. The molecule has 190 valence electrons. The molecule has 2 aliphatic carbocycles. The quantitative estimate of drug-likeness (QED) is 0.610. The third kappa shape index (κ3) is 4.55. The van der Waals surface area contributed by atoms with Gasteiger partial charge in [-0.05, 0) is 59.5 Å². The van der Waals surface area contributed by atoms with Crippen LogP contribution in [0.3, 0.4) is 0 Å². The van der Waals surface area contributed by atoms with Crippen molar-refractivity contribution < 1.29 is 23.5 Å². The van der Waals surface area contributed by atoms with E-state index in [1.165, 1.54) is 26.4 Å². The van der Waals surface area contributed by atoms with Gasteiger partial charge in [0.25, 0.3) is 0 Å². The van der Waals surface area contributed by atoms with Gasteiger partial charge < -0.3 is 19.4 Å². The second kappa shape index (κ2) is 10.3. The molecule has 1 amide bonds. The van der Waals surface area contributed by atoms with Crippen LogP contribution in [0.4, 0.5) is 4.39 Å². The standard InChI is InChI=1S/C29H33FN2O4/c1-16-19(13-25(35-5)27(33)28(16)36-6)12-23-17(2)26(24-14-20(30)9-10-22(23)24)18(3)29(34)31-15-21-8-7-11-32(21)4/h7-14,16,18,26,28H,15H2,1-6H3,(H,31,34)/b19-12+. The largest absolute Gasteiger partial charge is 0.493 e. The zero-order valence-corrected chi connectivity index (χ0v) is 21.6. The Hall–Kier alpha value is -3.45. The fourth-order valence-electron chi connectivity index (χ4n) is 5.36. The number of ketones is 1. The highest BCUT2D eigenvalue weighted by atomic mass is 19.1. The Labute approximate surface area is 211 Å². The van der Waals surface area contributed by atoms with Gasteiger partial charge in [0.2, 0.25) is 11.7 Å². The molecule has 6 nitrogen and oxygen atoms in total. The lowest BCUT2D eigenvalue weighted by Gasteiger charge is -2.28. The SMILES string of the molecule is COC1=C/C(=C\C2=C(C)C(C(C)C(=O)NCc3cccn3C)c3cc(F)ccc32)C(C)C(OC)C1=O. The number of aryl methyl sites for hydroxylation is 1. The van der Waals surface area contributed by atoms with E-state index in [1.54, 1.807) is 12.1 Å². The summed E-state index contributed by atoms with van der Waals surface area (Å²) in [6.07, 6.45) is 5.05. The number of allylic oxidation sites excluding steroid dienone is 4. The van der Waals surface area contributed by atoms with Crippen LogP contribution in [0, 0.1) is 17.7 Å². The van der Waals surface area contributed by atoms with Crippen molar-refractivity contribution in [1.82, 2.24) is 9.88 Å². The highest BCUT2D eigenvalue weighted by Crippen LogP contribution is 2.47. The summed E-state index contributed by atoms with van der Waals surface area (Å²) < 4.78 is 27.1. The van der Waals surface area contributed by atoms with Crippen molar-refractivity contribution in [2.45, 2.75) is 39.3 Å². The number of hydrogen-bond donors (Lipinski definition) is 1. The first-order valence-electron chi connectivity index (χ1n) is 12.1. The van der Waals surface area contributed by atoms with E-state index in [0.29, 0.717) is 6.54 Å². The first-order valence-corrected chi connectivity index (χ1v) is 12.1. The number of benzene rings is 1. The molecule has 0 fully saturated rings. The lowest BCUT2D eigenvalue weighted by atomic mass is 9.83. The number of fused-ring (bicyclic) bond motifs is 1. The van der Waals surface area contributed by atoms with Gasteiger partial charge in [0.05, 0.1) is 13.7 Å². The smallest absolute Gasteiger partial charge is 0.226 e. The van der Waals surface area contributed by atoms with E-state index in [2.05, 4.69) is 5.32 Å². The van der Waals surface area contributed by atoms with Gasteiger partial charge in [0.15, 0.2) is 5.76 Å². The Morgan fingerprint density at radius 2 is 2.03 bits per heavy atom. The molecule has 0 bridgehead atoms. The van der Waals surface area contributed by atoms with Crippen LogP contribution in [0.5, 0.6) is 0 Å². The molecule has 0 saturated heterocycles. The molecule has 4 rings (SSSR count). The summed E-state index contributed by atoms with van der Waals surface area (Å²) in [6, 6.07) is 8.63. The van der Waals surface area contributed by atoms with Gasteiger partial charge in [-0.25, -0.2) is 4.39 Å². The number of carbonyl (C=O) groups excluding carboxylic acids is 2. The Balaban J connectivity index is 1.71. The number of halogens is 1. The molecule has 1 N–H and O–H groups in total. The summed E-state index contributed by atoms with van der Waals surface area (Å²) in [5.74, 6) is -1.27. The van der Waals surface area contributed by atoms with Crippen molar-refractivity contribution in [3.8, 4) is 0 Å². The van der Waals surface area contributed by atoms with Crippen LogP contribution in [-0.4, -0.2) is 36.6 Å². The number of nitrogens with one attached hydrogen (secondary N) is 1. The van der Waals surface area contributed by atoms with Crippen molar-refractivity contribution in [3.63, 3.8) is 0 Å². The third-order valence-corrected chi connectivity index (χ3v) is 7.50. The Morgan fingerprint density at radius 1 is 1.28 bits per heavy atom. The number of ether oxygens (including phenoxy) is 2. The number of aromatic nitrogens is 1. The monoisotopic (exact) mass is 492 g/mol. The van der Waals surface area contributed by atoms with Gasteiger partial charge in [0, 0.05) is 43.8 Å². The van der Waals surface area contributed by atoms with Gasteiger partial charge >= 0.3 is 0 Å². The normalized spacial score (nSPS) is 23.5. The van der Waals surface area contributed by atoms with Crippen LogP contribution < -0.4 is 5.32 Å². The molecule has 2 aromatic rings. The van der Waals surface area contributed by atoms with Crippen LogP contribution in [0.25, 0.3) is 5.57 Å². The average molecular weight is 493 g/mol. The molecule has 0 spiro atoms. The van der Waals surface area contributed by atoms with E-state index >= 15 is 0 Å². The van der Waals surface area contributed by atoms with Gasteiger partial charge in [-0.1, -0.05) is 31.6 Å². The lowest BCUT2D eigenvalue weighted by molar-refractivity contribution is -0.130. The maximum absolute atomic E-state index is 14.4. The molecule has 1 aromatic heterocycles. The molecule has 1 aromatic carbocycles. The van der Waals surface area contributed by atoms with Crippen molar-refractivity contribution in [2.24, 2.45) is 18.9 Å². The van der Waals surface area contributed by atoms with Crippen molar-refractivity contribution in [2.75, 3.05) is 14.2 Å². The van der Waals surface area contributed by atoms with Crippen LogP contribution >= 0.6 is 0 Å². The molecule has 0 aliphatic heterocycles. The third-order valence-electron chi connectivity index (χ3n) is 7.50. The fraction of sp³-hybridized carbons (Fsp3) is 0.379. The minimum atomic E-state index is -0.649. The average Bonchev–Trinajstić information content (AvgIpc) is 3.38. The molecule has 4 atom stereocenters. The minimum Gasteiger partial charge on any atom is -0.493 e. The van der Waals surface area contributed by atoms with Gasteiger partial charge in [-0.2, -0.15) is 0 Å². The van der Waals surface area contributed by atoms with Crippen molar-refractivity contribution in [3.05, 3.63) is 88.2 Å². The topological polar surface area (TPSA) is 69.6 Å². The van der Waals surface area contributed by atoms with Gasteiger partial charge in [0.1, 0.15) is 11.9 Å². The molecule has 0 saturated carbocycles. The van der Waals surface area contributed by atoms with E-state index in [1.807, 2.05) is 56.8 Å². The van der Waals surface area contributed by atoms with Crippen molar-refractivity contribution in [1.29, 1.82) is 0 Å². The zero-order valence-electron chi connectivity index (χ0n) is 21.6. The number of hydrogen-bond acceptors (Lipinski definition) is 4. The Morgan fingerprint density at radius 3 is 2.67 bits per heavy atom.